The number of aromatic nitrogens is 2. The van der Waals surface area contributed by atoms with Crippen molar-refractivity contribution < 1.29 is 4.79 Å². The van der Waals surface area contributed by atoms with Gasteiger partial charge in [0.2, 0.25) is 5.91 Å². The molecule has 1 aromatic carbocycles. The molecule has 164 valence electrons. The fourth-order valence-electron chi connectivity index (χ4n) is 4.89. The Bertz CT molecular complexity index is 1020. The molecule has 6 heteroatoms. The van der Waals surface area contributed by atoms with Crippen molar-refractivity contribution in [3.63, 3.8) is 0 Å². The van der Waals surface area contributed by atoms with Gasteiger partial charge >= 0.3 is 0 Å². The van der Waals surface area contributed by atoms with Crippen LogP contribution in [-0.2, 0) is 11.8 Å². The number of amides is 1. The number of aryl methyl sites for hydroxylation is 2. The van der Waals surface area contributed by atoms with E-state index in [1.807, 2.05) is 26.2 Å². The van der Waals surface area contributed by atoms with E-state index in [0.29, 0.717) is 11.2 Å². The Hall–Kier alpha value is -2.73. The van der Waals surface area contributed by atoms with Crippen LogP contribution in [0.15, 0.2) is 35.2 Å². The maximum Gasteiger partial charge on any atom is 0.228 e. The quantitative estimate of drug-likeness (QED) is 0.747. The second kappa shape index (κ2) is 8.42. The SMILES string of the molecule is C=N/C(=C\c1cc(-c2cnc(C)n2C)ccc1C)NC(=O)C1CC2(CCN(C)CC2)C1. The maximum atomic E-state index is 12.8. The first-order valence-electron chi connectivity index (χ1n) is 11.1. The summed E-state index contributed by atoms with van der Waals surface area (Å²) in [6.07, 6.45) is 8.19. The first-order chi connectivity index (χ1) is 14.8. The molecule has 1 amide bonds. The number of hydrogen-bond acceptors (Lipinski definition) is 4. The van der Waals surface area contributed by atoms with Gasteiger partial charge in [-0.3, -0.25) is 4.79 Å². The van der Waals surface area contributed by atoms with Crippen LogP contribution in [0, 0.1) is 25.2 Å². The van der Waals surface area contributed by atoms with E-state index in [1.165, 1.54) is 12.8 Å². The summed E-state index contributed by atoms with van der Waals surface area (Å²) in [5.74, 6) is 1.63. The lowest BCUT2D eigenvalue weighted by atomic mass is 9.57. The zero-order valence-electron chi connectivity index (χ0n) is 19.1. The molecule has 2 heterocycles. The predicted octanol–water partition coefficient (Wildman–Crippen LogP) is 3.94. The van der Waals surface area contributed by atoms with E-state index in [-0.39, 0.29) is 11.8 Å². The molecule has 1 saturated carbocycles. The van der Waals surface area contributed by atoms with Gasteiger partial charge in [-0.2, -0.15) is 0 Å². The number of carbonyl (C=O) groups is 1. The van der Waals surface area contributed by atoms with Crippen molar-refractivity contribution in [3.05, 3.63) is 47.2 Å². The highest BCUT2D eigenvalue weighted by Gasteiger charge is 2.48. The molecule has 0 atom stereocenters. The lowest BCUT2D eigenvalue weighted by Crippen LogP contribution is -2.50. The first-order valence-corrected chi connectivity index (χ1v) is 11.1. The van der Waals surface area contributed by atoms with Gasteiger partial charge in [0, 0.05) is 18.5 Å². The van der Waals surface area contributed by atoms with Crippen molar-refractivity contribution in [2.24, 2.45) is 23.4 Å². The van der Waals surface area contributed by atoms with Crippen molar-refractivity contribution in [3.8, 4) is 11.3 Å². The summed E-state index contributed by atoms with van der Waals surface area (Å²) in [5.41, 5.74) is 4.65. The molecule has 31 heavy (non-hydrogen) atoms. The molecular formula is C25H33N5O. The smallest absolute Gasteiger partial charge is 0.228 e. The van der Waals surface area contributed by atoms with Crippen LogP contribution in [0.1, 0.15) is 42.6 Å². The first kappa shape index (κ1) is 21.5. The summed E-state index contributed by atoms with van der Waals surface area (Å²) in [7, 11) is 4.19. The maximum absolute atomic E-state index is 12.8. The normalized spacial score (nSPS) is 19.3. The van der Waals surface area contributed by atoms with E-state index in [9.17, 15) is 4.79 Å². The predicted molar refractivity (Wildman–Crippen MR) is 126 cm³/mol. The van der Waals surface area contributed by atoms with E-state index < -0.39 is 0 Å². The average molecular weight is 420 g/mol. The Kier molecular flexibility index (Phi) is 5.84. The number of rotatable bonds is 5. The molecule has 2 aromatic rings. The zero-order valence-corrected chi connectivity index (χ0v) is 19.1. The van der Waals surface area contributed by atoms with Crippen LogP contribution < -0.4 is 5.32 Å². The van der Waals surface area contributed by atoms with Crippen molar-refractivity contribution in [2.45, 2.75) is 39.5 Å². The molecular weight excluding hydrogens is 386 g/mol. The molecule has 1 aromatic heterocycles. The van der Waals surface area contributed by atoms with Gasteiger partial charge in [-0.25, -0.2) is 9.98 Å². The fraction of sp³-hybridized carbons (Fsp3) is 0.480. The summed E-state index contributed by atoms with van der Waals surface area (Å²) < 4.78 is 2.07. The average Bonchev–Trinajstić information content (AvgIpc) is 3.06. The minimum absolute atomic E-state index is 0.0688. The van der Waals surface area contributed by atoms with E-state index >= 15 is 0 Å². The standard InChI is InChI=1S/C25H33N5O/c1-17-6-7-19(22-16-27-18(2)30(22)5)12-20(17)13-23(26-3)28-24(31)21-14-25(15-21)8-10-29(4)11-9-25/h6-7,12-13,16,21H,3,8-11,14-15H2,1-2,4-5H3,(H,28,31)/b23-13+. The second-order valence-corrected chi connectivity index (χ2v) is 9.41. The van der Waals surface area contributed by atoms with Gasteiger partial charge in [-0.1, -0.05) is 12.1 Å². The van der Waals surface area contributed by atoms with Crippen molar-refractivity contribution in [1.82, 2.24) is 19.8 Å². The molecule has 1 N–H and O–H groups in total. The molecule has 1 aliphatic carbocycles. The number of likely N-dealkylation sites (tertiary alicyclic amines) is 1. The highest BCUT2D eigenvalue weighted by molar-refractivity contribution is 5.83. The van der Waals surface area contributed by atoms with E-state index in [4.69, 9.17) is 0 Å². The summed E-state index contributed by atoms with van der Waals surface area (Å²) in [4.78, 5) is 23.7. The monoisotopic (exact) mass is 419 g/mol. The highest BCUT2D eigenvalue weighted by atomic mass is 16.2. The molecule has 2 aliphatic rings. The zero-order chi connectivity index (χ0) is 22.2. The largest absolute Gasteiger partial charge is 0.331 e. The summed E-state index contributed by atoms with van der Waals surface area (Å²) in [6, 6.07) is 6.29. The fourth-order valence-corrected chi connectivity index (χ4v) is 4.89. The van der Waals surface area contributed by atoms with Gasteiger partial charge < -0.3 is 14.8 Å². The third-order valence-electron chi connectivity index (χ3n) is 7.29. The molecule has 0 unspecified atom stereocenters. The number of nitrogens with one attached hydrogen (secondary N) is 1. The van der Waals surface area contributed by atoms with Crippen LogP contribution >= 0.6 is 0 Å². The van der Waals surface area contributed by atoms with Gasteiger partial charge in [-0.05, 0) is 95.1 Å². The molecule has 4 rings (SSSR count). The second-order valence-electron chi connectivity index (χ2n) is 9.41. The third-order valence-corrected chi connectivity index (χ3v) is 7.29. The molecule has 1 aliphatic heterocycles. The summed E-state index contributed by atoms with van der Waals surface area (Å²) >= 11 is 0. The summed E-state index contributed by atoms with van der Waals surface area (Å²) in [5, 5.41) is 3.01. The molecule has 2 fully saturated rings. The van der Waals surface area contributed by atoms with E-state index in [1.54, 1.807) is 0 Å². The lowest BCUT2D eigenvalue weighted by Gasteiger charge is -2.51. The number of nitrogens with zero attached hydrogens (tertiary/aromatic N) is 4. The number of carbonyl (C=O) groups excluding carboxylic acids is 1. The van der Waals surface area contributed by atoms with Crippen LogP contribution in [0.4, 0.5) is 0 Å². The Labute approximate surface area is 185 Å². The minimum atomic E-state index is 0.0688. The Morgan fingerprint density at radius 2 is 1.97 bits per heavy atom. The molecule has 1 spiro atoms. The molecule has 0 radical (unpaired) electrons. The molecule has 0 bridgehead atoms. The number of aliphatic imine (C=N–C) groups is 1. The lowest BCUT2D eigenvalue weighted by molar-refractivity contribution is -0.134. The van der Waals surface area contributed by atoms with Crippen molar-refractivity contribution in [2.75, 3.05) is 20.1 Å². The number of imidazole rings is 1. The van der Waals surface area contributed by atoms with Crippen molar-refractivity contribution in [1.29, 1.82) is 0 Å². The van der Waals surface area contributed by atoms with Crippen LogP contribution in [0.25, 0.3) is 17.3 Å². The highest BCUT2D eigenvalue weighted by Crippen LogP contribution is 2.52. The van der Waals surface area contributed by atoms with Crippen LogP contribution in [0.3, 0.4) is 0 Å². The Morgan fingerprint density at radius 3 is 2.58 bits per heavy atom. The number of piperidine rings is 1. The number of hydrogen-bond donors (Lipinski definition) is 1. The van der Waals surface area contributed by atoms with Gasteiger partial charge in [0.15, 0.2) is 0 Å². The third kappa shape index (κ3) is 4.35. The van der Waals surface area contributed by atoms with Gasteiger partial charge in [-0.15, -0.1) is 0 Å². The van der Waals surface area contributed by atoms with Crippen LogP contribution in [0.5, 0.6) is 0 Å². The van der Waals surface area contributed by atoms with E-state index in [0.717, 1.165) is 54.1 Å². The number of benzene rings is 1. The summed E-state index contributed by atoms with van der Waals surface area (Å²) in [6.45, 7) is 10.0. The minimum Gasteiger partial charge on any atom is -0.331 e. The molecule has 6 nitrogen and oxygen atoms in total. The van der Waals surface area contributed by atoms with Gasteiger partial charge in [0.25, 0.3) is 0 Å². The van der Waals surface area contributed by atoms with Crippen molar-refractivity contribution >= 4 is 18.7 Å². The Balaban J connectivity index is 1.46. The van der Waals surface area contributed by atoms with Gasteiger partial charge in [0.05, 0.1) is 11.9 Å². The molecule has 1 saturated heterocycles. The van der Waals surface area contributed by atoms with Gasteiger partial charge in [0.1, 0.15) is 11.6 Å². The Morgan fingerprint density at radius 1 is 1.26 bits per heavy atom. The van der Waals surface area contributed by atoms with E-state index in [2.05, 4.69) is 63.6 Å². The topological polar surface area (TPSA) is 62.5 Å². The van der Waals surface area contributed by atoms with Crippen LogP contribution in [0.2, 0.25) is 0 Å². The van der Waals surface area contributed by atoms with Crippen LogP contribution in [-0.4, -0.2) is 47.2 Å².